The van der Waals surface area contributed by atoms with E-state index in [1.54, 1.807) is 27.9 Å². The van der Waals surface area contributed by atoms with Gasteiger partial charge in [0.05, 0.1) is 24.2 Å². The molecule has 0 spiro atoms. The molecule has 5 rings (SSSR count). The number of rotatable bonds is 22. The van der Waals surface area contributed by atoms with Crippen LogP contribution in [0.5, 0.6) is 0 Å². The number of hydrogen-bond donors (Lipinski definition) is 9. The average Bonchev–Trinajstić information content (AvgIpc) is 4.03. The third-order valence-corrected chi connectivity index (χ3v) is 14.4. The fraction of sp³-hybridized carbons (Fsp3) is 0.519. The van der Waals surface area contributed by atoms with Crippen LogP contribution in [0.25, 0.3) is 0 Å². The molecule has 19 nitrogen and oxygen atoms in total. The monoisotopic (exact) mass is 1010 g/mol. The normalized spacial score (nSPS) is 20.7. The van der Waals surface area contributed by atoms with Crippen molar-refractivity contribution in [3.05, 3.63) is 101 Å². The number of carbonyl (C=O) groups is 8. The highest BCUT2D eigenvalue weighted by Gasteiger charge is 2.46. The van der Waals surface area contributed by atoms with Gasteiger partial charge >= 0.3 is 0 Å². The second kappa shape index (κ2) is 26.2. The van der Waals surface area contributed by atoms with Gasteiger partial charge in [-0.1, -0.05) is 101 Å². The number of nitrogen functional groups attached to an aromatic ring is 1. The smallest absolute Gasteiger partial charge is 0.251 e. The van der Waals surface area contributed by atoms with E-state index >= 15 is 0 Å². The maximum Gasteiger partial charge on any atom is 0.251 e. The highest BCUT2D eigenvalue weighted by molar-refractivity contribution is 6.02. The van der Waals surface area contributed by atoms with Crippen molar-refractivity contribution in [1.82, 2.24) is 52.3 Å². The summed E-state index contributed by atoms with van der Waals surface area (Å²) in [4.78, 5) is 115. The van der Waals surface area contributed by atoms with E-state index in [0.29, 0.717) is 12.8 Å². The summed E-state index contributed by atoms with van der Waals surface area (Å²) < 4.78 is 0. The van der Waals surface area contributed by atoms with Crippen molar-refractivity contribution >= 4 is 52.9 Å². The molecule has 2 heterocycles. The number of nitrogens with zero attached hydrogens (tertiary/aromatic N) is 2. The largest absolute Gasteiger partial charge is 0.399 e. The first-order valence-corrected chi connectivity index (χ1v) is 25.5. The molecule has 2 fully saturated rings. The Morgan fingerprint density at radius 1 is 0.548 bits per heavy atom. The number of amides is 8. The van der Waals surface area contributed by atoms with Gasteiger partial charge in [-0.15, -0.1) is 0 Å². The Labute approximate surface area is 429 Å². The first-order chi connectivity index (χ1) is 34.7. The van der Waals surface area contributed by atoms with E-state index in [4.69, 9.17) is 5.73 Å². The summed E-state index contributed by atoms with van der Waals surface area (Å²) in [5.74, 6) is -4.33. The lowest BCUT2D eigenvalue weighted by molar-refractivity contribution is -0.143. The fourth-order valence-corrected chi connectivity index (χ4v) is 9.13. The third-order valence-electron chi connectivity index (χ3n) is 14.4. The SMILES string of the molecule is CC[C@H](C)[C@H](NC(=O)[C@H](C)NC)C(=O)N1C[C@@H](NC(=O)c2cc(N)cc(C(=O)N[C@H]3C[C@@H](C(=O)N[C@H](C)c4ccccc4)N(C(=O)[C@@H](NC(=O)[C@H](C)NC)[C@@H](C)CC)C3)c2)CC1C(=O)N[C@H](C)c1ccccc1. The summed E-state index contributed by atoms with van der Waals surface area (Å²) >= 11 is 0. The molecule has 0 aromatic heterocycles. The van der Waals surface area contributed by atoms with E-state index in [2.05, 4.69) is 42.5 Å². The molecule has 8 amide bonds. The van der Waals surface area contributed by atoms with Crippen molar-refractivity contribution in [2.45, 2.75) is 141 Å². The molecule has 1 unspecified atom stereocenters. The Kier molecular flexibility index (Phi) is 20.5. The third kappa shape index (κ3) is 14.7. The molecule has 0 radical (unpaired) electrons. The number of benzene rings is 3. The van der Waals surface area contributed by atoms with Crippen LogP contribution in [-0.2, 0) is 28.8 Å². The zero-order valence-corrected chi connectivity index (χ0v) is 43.9. The van der Waals surface area contributed by atoms with Crippen LogP contribution in [0.1, 0.15) is 125 Å². The second-order valence-corrected chi connectivity index (χ2v) is 19.7. The van der Waals surface area contributed by atoms with Gasteiger partial charge in [0.25, 0.3) is 11.8 Å². The molecule has 73 heavy (non-hydrogen) atoms. The van der Waals surface area contributed by atoms with E-state index in [0.717, 1.165) is 11.1 Å². The van der Waals surface area contributed by atoms with Crippen molar-refractivity contribution in [3.63, 3.8) is 0 Å². The topological polar surface area (TPSA) is 265 Å². The molecule has 2 saturated heterocycles. The maximum atomic E-state index is 14.5. The Bertz CT molecular complexity index is 2260. The summed E-state index contributed by atoms with van der Waals surface area (Å²) in [6.07, 6.45) is 1.23. The van der Waals surface area contributed by atoms with Crippen molar-refractivity contribution in [2.75, 3.05) is 32.9 Å². The van der Waals surface area contributed by atoms with Gasteiger partial charge < -0.3 is 58.1 Å². The Morgan fingerprint density at radius 2 is 0.904 bits per heavy atom. The van der Waals surface area contributed by atoms with Crippen molar-refractivity contribution in [1.29, 1.82) is 0 Å². The highest BCUT2D eigenvalue weighted by Crippen LogP contribution is 2.27. The van der Waals surface area contributed by atoms with E-state index < -0.39 is 95.9 Å². The number of carbonyl (C=O) groups excluding carboxylic acids is 8. The molecule has 12 atom stereocenters. The van der Waals surface area contributed by atoms with Gasteiger partial charge in [0.1, 0.15) is 24.2 Å². The molecular weight excluding hydrogens is 931 g/mol. The van der Waals surface area contributed by atoms with Crippen LogP contribution < -0.4 is 48.3 Å². The lowest BCUT2D eigenvalue weighted by Gasteiger charge is -2.32. The molecule has 3 aromatic carbocycles. The lowest BCUT2D eigenvalue weighted by atomic mass is 9.97. The molecule has 2 aliphatic heterocycles. The minimum Gasteiger partial charge on any atom is -0.399 e. The highest BCUT2D eigenvalue weighted by atomic mass is 16.2. The van der Waals surface area contributed by atoms with Crippen molar-refractivity contribution in [3.8, 4) is 0 Å². The summed E-state index contributed by atoms with van der Waals surface area (Å²) in [7, 11) is 3.28. The van der Waals surface area contributed by atoms with Gasteiger partial charge in [-0.05, 0) is 95.8 Å². The van der Waals surface area contributed by atoms with Gasteiger partial charge in [-0.25, -0.2) is 0 Å². The molecule has 3 aromatic rings. The Morgan fingerprint density at radius 3 is 1.23 bits per heavy atom. The molecule has 0 aliphatic carbocycles. The van der Waals surface area contributed by atoms with Crippen LogP contribution >= 0.6 is 0 Å². The van der Waals surface area contributed by atoms with Crippen LogP contribution in [0.2, 0.25) is 0 Å². The van der Waals surface area contributed by atoms with Gasteiger partial charge in [0.2, 0.25) is 35.4 Å². The average molecular weight is 1010 g/mol. The van der Waals surface area contributed by atoms with Crippen LogP contribution in [0.15, 0.2) is 78.9 Å². The van der Waals surface area contributed by atoms with Gasteiger partial charge in [0.15, 0.2) is 0 Å². The van der Waals surface area contributed by atoms with Crippen LogP contribution in [0.3, 0.4) is 0 Å². The molecule has 0 saturated carbocycles. The first-order valence-electron chi connectivity index (χ1n) is 25.5. The van der Waals surface area contributed by atoms with Crippen molar-refractivity contribution in [2.24, 2.45) is 11.8 Å². The lowest BCUT2D eigenvalue weighted by Crippen LogP contribution is -2.57. The van der Waals surface area contributed by atoms with E-state index in [-0.39, 0.29) is 66.4 Å². The molecular formula is C54H77N11O8. The van der Waals surface area contributed by atoms with Gasteiger partial charge in [-0.3, -0.25) is 38.4 Å². The van der Waals surface area contributed by atoms with Crippen LogP contribution in [-0.4, -0.2) is 133 Å². The quantitative estimate of drug-likeness (QED) is 0.0661. The zero-order chi connectivity index (χ0) is 53.7. The zero-order valence-electron chi connectivity index (χ0n) is 43.9. The Hall–Kier alpha value is -6.86. The minimum atomic E-state index is -1.00. The van der Waals surface area contributed by atoms with Crippen LogP contribution in [0, 0.1) is 11.8 Å². The van der Waals surface area contributed by atoms with Crippen LogP contribution in [0.4, 0.5) is 5.69 Å². The summed E-state index contributed by atoms with van der Waals surface area (Å²) in [5, 5.41) is 23.5. The number of nitrogens with two attached hydrogens (primary N) is 1. The molecule has 396 valence electrons. The number of hydrogen-bond acceptors (Lipinski definition) is 11. The summed E-state index contributed by atoms with van der Waals surface area (Å²) in [5.41, 5.74) is 8.23. The first kappa shape index (κ1) is 57.0. The summed E-state index contributed by atoms with van der Waals surface area (Å²) in [6.45, 7) is 14.5. The molecule has 0 bridgehead atoms. The second-order valence-electron chi connectivity index (χ2n) is 19.7. The number of nitrogens with one attached hydrogen (secondary N) is 8. The molecule has 19 heteroatoms. The predicted octanol–water partition coefficient (Wildman–Crippen LogP) is 2.70. The number of anilines is 1. The predicted molar refractivity (Wildman–Crippen MR) is 279 cm³/mol. The number of likely N-dealkylation sites (N-methyl/N-ethyl adjacent to an activating group) is 2. The van der Waals surface area contributed by atoms with Gasteiger partial charge in [-0.2, -0.15) is 0 Å². The Balaban J connectivity index is 1.37. The van der Waals surface area contributed by atoms with E-state index in [1.165, 1.54) is 28.0 Å². The molecule has 10 N–H and O–H groups in total. The van der Waals surface area contributed by atoms with Crippen molar-refractivity contribution < 1.29 is 38.4 Å². The minimum absolute atomic E-state index is 0.0396. The number of likely N-dealkylation sites (tertiary alicyclic amines) is 2. The van der Waals surface area contributed by atoms with E-state index in [9.17, 15) is 38.4 Å². The van der Waals surface area contributed by atoms with E-state index in [1.807, 2.05) is 102 Å². The standard InChI is InChI=1S/C54H77N11O8/c1-11-30(3)45(62-47(66)34(7)56-9)53(72)64-28-41(26-43(64)51(70)58-32(5)36-19-15-13-16-20-36)60-49(68)38-23-39(25-40(55)24-38)50(69)61-42-27-44(52(71)59-33(6)37-21-17-14-18-22-37)65(29-42)54(73)46(31(4)12-2)63-48(67)35(8)57-10/h13-25,30-35,41-46,56-57H,11-12,26-29,55H2,1-10H3,(H,58,70)(H,59,71)(H,60,68)(H,61,69)(H,62,66)(H,63,67)/t30-,31-,32+,33+,34-,35-,41-,42-,43-,44?,45-,46-/m0/s1. The fourth-order valence-electron chi connectivity index (χ4n) is 9.13. The van der Waals surface area contributed by atoms with Gasteiger partial charge in [0, 0.05) is 42.0 Å². The molecule has 2 aliphatic rings. The maximum absolute atomic E-state index is 14.5. The summed E-state index contributed by atoms with van der Waals surface area (Å²) in [6, 6.07) is 15.6.